The number of anilines is 3. The zero-order chi connectivity index (χ0) is 18.1. The number of para-hydroxylation sites is 1. The van der Waals surface area contributed by atoms with Crippen molar-refractivity contribution in [2.75, 3.05) is 35.6 Å². The second-order valence-electron chi connectivity index (χ2n) is 6.96. The van der Waals surface area contributed by atoms with Gasteiger partial charge in [0.25, 0.3) is 0 Å². The summed E-state index contributed by atoms with van der Waals surface area (Å²) in [6, 6.07) is 12.9. The number of nitrogens with one attached hydrogen (secondary N) is 1. The molecule has 2 amide bonds. The van der Waals surface area contributed by atoms with Crippen LogP contribution in [0.25, 0.3) is 0 Å². The lowest BCUT2D eigenvalue weighted by atomic mass is 10.0. The van der Waals surface area contributed by atoms with Crippen molar-refractivity contribution in [3.63, 3.8) is 0 Å². The van der Waals surface area contributed by atoms with Gasteiger partial charge in [0.15, 0.2) is 0 Å². The number of hydrogen-bond acceptors (Lipinski definition) is 3. The Bertz CT molecular complexity index is 817. The lowest BCUT2D eigenvalue weighted by Crippen LogP contribution is -2.49. The molecule has 1 fully saturated rings. The molecule has 0 aliphatic carbocycles. The summed E-state index contributed by atoms with van der Waals surface area (Å²) >= 11 is 0. The fraction of sp³-hybridized carbons (Fsp3) is 0.350. The molecule has 26 heavy (non-hydrogen) atoms. The molecule has 0 saturated carbocycles. The Balaban J connectivity index is 1.42. The lowest BCUT2D eigenvalue weighted by Gasteiger charge is -2.39. The number of hydrogen-bond donors (Lipinski definition) is 2. The van der Waals surface area contributed by atoms with Crippen LogP contribution in [0.15, 0.2) is 42.5 Å². The van der Waals surface area contributed by atoms with Gasteiger partial charge in [-0.1, -0.05) is 18.2 Å². The molecule has 136 valence electrons. The van der Waals surface area contributed by atoms with E-state index in [4.69, 9.17) is 5.73 Å². The Hall–Kier alpha value is -2.76. The number of urea groups is 1. The first-order valence-corrected chi connectivity index (χ1v) is 9.07. The molecule has 1 saturated heterocycles. The summed E-state index contributed by atoms with van der Waals surface area (Å²) < 4.78 is 14.2. The van der Waals surface area contributed by atoms with Crippen molar-refractivity contribution in [3.05, 3.63) is 53.8 Å². The van der Waals surface area contributed by atoms with Crippen LogP contribution in [-0.4, -0.2) is 36.6 Å². The van der Waals surface area contributed by atoms with Gasteiger partial charge in [-0.2, -0.15) is 0 Å². The maximum atomic E-state index is 14.2. The molecule has 0 atom stereocenters. The highest BCUT2D eigenvalue weighted by molar-refractivity contribution is 5.91. The molecule has 3 N–H and O–H groups in total. The minimum absolute atomic E-state index is 0.0351. The number of carbonyl (C=O) groups is 1. The maximum absolute atomic E-state index is 14.2. The average Bonchev–Trinajstić information content (AvgIpc) is 2.80. The molecule has 2 aromatic carbocycles. The van der Waals surface area contributed by atoms with Gasteiger partial charge >= 0.3 is 6.03 Å². The average molecular weight is 354 g/mol. The van der Waals surface area contributed by atoms with Crippen LogP contribution >= 0.6 is 0 Å². The molecular formula is C20H23FN4O. The number of benzene rings is 2. The maximum Gasteiger partial charge on any atom is 0.322 e. The Labute approximate surface area is 152 Å². The monoisotopic (exact) mass is 354 g/mol. The van der Waals surface area contributed by atoms with E-state index < -0.39 is 0 Å². The molecule has 2 aliphatic rings. The fourth-order valence-electron chi connectivity index (χ4n) is 3.94. The van der Waals surface area contributed by atoms with E-state index in [1.165, 1.54) is 11.6 Å². The molecule has 2 aromatic rings. The smallest absolute Gasteiger partial charge is 0.322 e. The van der Waals surface area contributed by atoms with E-state index in [1.807, 2.05) is 28.0 Å². The van der Waals surface area contributed by atoms with Crippen molar-refractivity contribution in [1.29, 1.82) is 0 Å². The third-order valence-corrected chi connectivity index (χ3v) is 5.36. The zero-order valence-electron chi connectivity index (χ0n) is 14.6. The number of amides is 2. The summed E-state index contributed by atoms with van der Waals surface area (Å²) in [7, 11) is 0. The second-order valence-corrected chi connectivity index (χ2v) is 6.96. The molecule has 0 radical (unpaired) electrons. The number of nitrogens with two attached hydrogens (primary N) is 1. The summed E-state index contributed by atoms with van der Waals surface area (Å²) in [6.45, 7) is 2.16. The van der Waals surface area contributed by atoms with E-state index >= 15 is 0 Å². The zero-order valence-corrected chi connectivity index (χ0v) is 14.6. The van der Waals surface area contributed by atoms with Crippen LogP contribution in [0.5, 0.6) is 0 Å². The number of rotatable bonds is 2. The summed E-state index contributed by atoms with van der Waals surface area (Å²) in [5, 5.41) is 3.03. The molecule has 6 heteroatoms. The third-order valence-electron chi connectivity index (χ3n) is 5.36. The summed E-state index contributed by atoms with van der Waals surface area (Å²) in [6.07, 6.45) is 2.50. The van der Waals surface area contributed by atoms with Crippen molar-refractivity contribution in [3.8, 4) is 0 Å². The number of halogens is 1. The first kappa shape index (κ1) is 16.7. The quantitative estimate of drug-likeness (QED) is 0.812. The van der Waals surface area contributed by atoms with Gasteiger partial charge in [-0.05, 0) is 49.1 Å². The normalized spacial score (nSPS) is 18.3. The highest BCUT2D eigenvalue weighted by Crippen LogP contribution is 2.28. The van der Waals surface area contributed by atoms with Gasteiger partial charge in [0.2, 0.25) is 0 Å². The van der Waals surface area contributed by atoms with E-state index in [0.29, 0.717) is 17.9 Å². The van der Waals surface area contributed by atoms with Crippen molar-refractivity contribution < 1.29 is 9.18 Å². The summed E-state index contributed by atoms with van der Waals surface area (Å²) in [5.74, 6) is -0.286. The van der Waals surface area contributed by atoms with Gasteiger partial charge in [-0.15, -0.1) is 0 Å². The van der Waals surface area contributed by atoms with E-state index in [9.17, 15) is 9.18 Å². The van der Waals surface area contributed by atoms with E-state index in [0.717, 1.165) is 38.0 Å². The van der Waals surface area contributed by atoms with Crippen molar-refractivity contribution in [2.45, 2.75) is 25.3 Å². The standard InChI is InChI=1S/C20H23FN4O/c21-17-13-15(22)5-6-19(17)24-10-8-16(9-11-24)25-12-7-14-3-1-2-4-18(14)23-20(25)26/h1-6,13,16H,7-12,22H2,(H,23,26). The van der Waals surface area contributed by atoms with Gasteiger partial charge in [0.1, 0.15) is 5.82 Å². The number of piperidine rings is 1. The highest BCUT2D eigenvalue weighted by atomic mass is 19.1. The second kappa shape index (κ2) is 6.86. The topological polar surface area (TPSA) is 61.6 Å². The predicted molar refractivity (Wildman–Crippen MR) is 102 cm³/mol. The first-order chi connectivity index (χ1) is 12.6. The third kappa shape index (κ3) is 3.19. The van der Waals surface area contributed by atoms with E-state index in [1.54, 1.807) is 12.1 Å². The summed E-state index contributed by atoms with van der Waals surface area (Å²) in [4.78, 5) is 16.6. The van der Waals surface area contributed by atoms with Crippen LogP contribution in [0, 0.1) is 5.82 Å². The van der Waals surface area contributed by atoms with Crippen LogP contribution in [-0.2, 0) is 6.42 Å². The van der Waals surface area contributed by atoms with Crippen molar-refractivity contribution >= 4 is 23.1 Å². The van der Waals surface area contributed by atoms with Gasteiger partial charge < -0.3 is 20.9 Å². The molecule has 0 bridgehead atoms. The van der Waals surface area contributed by atoms with Crippen LogP contribution in [0.3, 0.4) is 0 Å². The van der Waals surface area contributed by atoms with Crippen molar-refractivity contribution in [2.24, 2.45) is 0 Å². The molecule has 0 unspecified atom stereocenters. The fourth-order valence-corrected chi connectivity index (χ4v) is 3.94. The number of fused-ring (bicyclic) bond motifs is 1. The largest absolute Gasteiger partial charge is 0.399 e. The summed E-state index contributed by atoms with van der Waals surface area (Å²) in [5.41, 5.74) is 8.73. The predicted octanol–water partition coefficient (Wildman–Crippen LogP) is 3.47. The van der Waals surface area contributed by atoms with Crippen molar-refractivity contribution in [1.82, 2.24) is 4.90 Å². The molecule has 5 nitrogen and oxygen atoms in total. The Morgan fingerprint density at radius 1 is 1.08 bits per heavy atom. The van der Waals surface area contributed by atoms with Crippen LogP contribution in [0.1, 0.15) is 18.4 Å². The van der Waals surface area contributed by atoms with E-state index in [-0.39, 0.29) is 17.9 Å². The molecular weight excluding hydrogens is 331 g/mol. The highest BCUT2D eigenvalue weighted by Gasteiger charge is 2.30. The van der Waals surface area contributed by atoms with Crippen LogP contribution < -0.4 is 16.0 Å². The Kier molecular flexibility index (Phi) is 4.41. The SMILES string of the molecule is Nc1ccc(N2CCC(N3CCc4ccccc4NC3=O)CC2)c(F)c1. The Morgan fingerprint density at radius 3 is 2.62 bits per heavy atom. The van der Waals surface area contributed by atoms with Crippen LogP contribution in [0.2, 0.25) is 0 Å². The molecule has 2 heterocycles. The van der Waals surface area contributed by atoms with E-state index in [2.05, 4.69) is 11.4 Å². The molecule has 2 aliphatic heterocycles. The first-order valence-electron chi connectivity index (χ1n) is 9.07. The number of carbonyl (C=O) groups excluding carboxylic acids is 1. The lowest BCUT2D eigenvalue weighted by molar-refractivity contribution is 0.177. The minimum Gasteiger partial charge on any atom is -0.399 e. The van der Waals surface area contributed by atoms with Gasteiger partial charge in [0.05, 0.1) is 5.69 Å². The number of nitrogen functional groups attached to an aromatic ring is 1. The van der Waals surface area contributed by atoms with Gasteiger partial charge in [0, 0.05) is 37.1 Å². The minimum atomic E-state index is -0.286. The Morgan fingerprint density at radius 2 is 1.85 bits per heavy atom. The molecule has 0 aromatic heterocycles. The van der Waals surface area contributed by atoms with Gasteiger partial charge in [-0.25, -0.2) is 9.18 Å². The number of nitrogens with zero attached hydrogens (tertiary/aromatic N) is 2. The van der Waals surface area contributed by atoms with Crippen LogP contribution in [0.4, 0.5) is 26.2 Å². The molecule has 0 spiro atoms. The molecule has 4 rings (SSSR count). The van der Waals surface area contributed by atoms with Gasteiger partial charge in [-0.3, -0.25) is 0 Å².